The number of ether oxygens (including phenoxy) is 1. The normalized spacial score (nSPS) is 20.2. The van der Waals surface area contributed by atoms with Gasteiger partial charge in [-0.05, 0) is 26.8 Å². The van der Waals surface area contributed by atoms with Crippen molar-refractivity contribution in [1.82, 2.24) is 10.2 Å². The molecule has 0 saturated heterocycles. The van der Waals surface area contributed by atoms with Crippen LogP contribution in [0, 0.1) is 0 Å². The lowest BCUT2D eigenvalue weighted by molar-refractivity contribution is 0.115. The Hall–Kier alpha value is -0.120. The summed E-state index contributed by atoms with van der Waals surface area (Å²) in [7, 11) is 3.94. The van der Waals surface area contributed by atoms with Crippen LogP contribution in [0.25, 0.3) is 0 Å². The summed E-state index contributed by atoms with van der Waals surface area (Å²) < 4.78 is 5.16. The summed E-state index contributed by atoms with van der Waals surface area (Å²) in [5, 5.41) is 3.67. The molecule has 0 aliphatic heterocycles. The van der Waals surface area contributed by atoms with Gasteiger partial charge >= 0.3 is 0 Å². The van der Waals surface area contributed by atoms with Gasteiger partial charge in [-0.3, -0.25) is 0 Å². The predicted octanol–water partition coefficient (Wildman–Crippen LogP) is 1.88. The molecule has 0 aromatic carbocycles. The first-order chi connectivity index (χ1) is 7.74. The number of hydrogen-bond donors (Lipinski definition) is 1. The second-order valence-corrected chi connectivity index (χ2v) is 5.07. The topological polar surface area (TPSA) is 24.5 Å². The van der Waals surface area contributed by atoms with E-state index in [1.807, 2.05) is 0 Å². The molecule has 0 bridgehead atoms. The third-order valence-electron chi connectivity index (χ3n) is 3.66. The van der Waals surface area contributed by atoms with Crippen molar-refractivity contribution in [2.75, 3.05) is 33.9 Å². The summed E-state index contributed by atoms with van der Waals surface area (Å²) in [6.45, 7) is 5.25. The molecular weight excluding hydrogens is 200 g/mol. The van der Waals surface area contributed by atoms with E-state index in [2.05, 4.69) is 24.2 Å². The first-order valence-corrected chi connectivity index (χ1v) is 6.66. The van der Waals surface area contributed by atoms with E-state index in [0.717, 1.165) is 25.7 Å². The Morgan fingerprint density at radius 2 is 2.00 bits per heavy atom. The highest BCUT2D eigenvalue weighted by atomic mass is 16.5. The molecule has 0 aromatic rings. The Bertz CT molecular complexity index is 169. The molecule has 0 amide bonds. The van der Waals surface area contributed by atoms with Gasteiger partial charge in [0.2, 0.25) is 0 Å². The molecule has 1 N–H and O–H groups in total. The smallest absolute Gasteiger partial charge is 0.0615 e. The molecule has 1 saturated carbocycles. The van der Waals surface area contributed by atoms with Crippen LogP contribution in [0.5, 0.6) is 0 Å². The van der Waals surface area contributed by atoms with E-state index in [-0.39, 0.29) is 0 Å². The van der Waals surface area contributed by atoms with Gasteiger partial charge < -0.3 is 15.0 Å². The molecule has 3 heteroatoms. The van der Waals surface area contributed by atoms with Gasteiger partial charge in [0.05, 0.1) is 6.61 Å². The van der Waals surface area contributed by atoms with E-state index >= 15 is 0 Å². The highest BCUT2D eigenvalue weighted by Gasteiger charge is 2.13. The van der Waals surface area contributed by atoms with E-state index in [1.54, 1.807) is 7.11 Å². The van der Waals surface area contributed by atoms with E-state index < -0.39 is 0 Å². The largest absolute Gasteiger partial charge is 0.383 e. The van der Waals surface area contributed by atoms with Crippen molar-refractivity contribution in [2.45, 2.75) is 51.1 Å². The fourth-order valence-corrected chi connectivity index (χ4v) is 2.34. The fraction of sp³-hybridized carbons (Fsp3) is 1.00. The van der Waals surface area contributed by atoms with E-state index in [9.17, 15) is 0 Å². The molecular formula is C13H28N2O. The summed E-state index contributed by atoms with van der Waals surface area (Å²) in [6, 6.07) is 1.29. The number of hydrogen-bond acceptors (Lipinski definition) is 3. The van der Waals surface area contributed by atoms with Gasteiger partial charge in [-0.15, -0.1) is 0 Å². The van der Waals surface area contributed by atoms with Crippen molar-refractivity contribution in [3.05, 3.63) is 0 Å². The molecule has 1 rings (SSSR count). The number of likely N-dealkylation sites (N-methyl/N-ethyl adjacent to an activating group) is 1. The van der Waals surface area contributed by atoms with Crippen molar-refractivity contribution in [3.8, 4) is 0 Å². The SMILES string of the molecule is COCC(C)N(C)CCNC1CCCCC1. The van der Waals surface area contributed by atoms with E-state index in [4.69, 9.17) is 4.74 Å². The Kier molecular flexibility index (Phi) is 7.01. The van der Waals surface area contributed by atoms with Gasteiger partial charge in [0.15, 0.2) is 0 Å². The lowest BCUT2D eigenvalue weighted by Gasteiger charge is -2.27. The molecule has 1 atom stereocenters. The van der Waals surface area contributed by atoms with Crippen LogP contribution < -0.4 is 5.32 Å². The number of rotatable bonds is 7. The van der Waals surface area contributed by atoms with Gasteiger partial charge in [-0.2, -0.15) is 0 Å². The van der Waals surface area contributed by atoms with E-state index in [0.29, 0.717) is 6.04 Å². The summed E-state index contributed by atoms with van der Waals surface area (Å²) in [5.74, 6) is 0. The maximum absolute atomic E-state index is 5.16. The minimum absolute atomic E-state index is 0.512. The molecule has 1 fully saturated rings. The zero-order chi connectivity index (χ0) is 11.8. The molecule has 0 aromatic heterocycles. The maximum atomic E-state index is 5.16. The fourth-order valence-electron chi connectivity index (χ4n) is 2.34. The Morgan fingerprint density at radius 3 is 2.62 bits per heavy atom. The average molecular weight is 228 g/mol. The summed E-state index contributed by atoms with van der Waals surface area (Å²) in [6.07, 6.45) is 7.00. The van der Waals surface area contributed by atoms with Crippen molar-refractivity contribution in [3.63, 3.8) is 0 Å². The molecule has 1 aliphatic carbocycles. The molecule has 0 spiro atoms. The second-order valence-electron chi connectivity index (χ2n) is 5.07. The van der Waals surface area contributed by atoms with Crippen molar-refractivity contribution in [1.29, 1.82) is 0 Å². The summed E-state index contributed by atoms with van der Waals surface area (Å²) in [4.78, 5) is 2.36. The van der Waals surface area contributed by atoms with Crippen molar-refractivity contribution >= 4 is 0 Å². The molecule has 1 aliphatic rings. The van der Waals surface area contributed by atoms with Crippen LogP contribution in [0.2, 0.25) is 0 Å². The minimum Gasteiger partial charge on any atom is -0.383 e. The van der Waals surface area contributed by atoms with Gasteiger partial charge in [-0.1, -0.05) is 19.3 Å². The lowest BCUT2D eigenvalue weighted by Crippen LogP contribution is -2.40. The first kappa shape index (κ1) is 13.9. The van der Waals surface area contributed by atoms with Crippen LogP contribution in [-0.4, -0.2) is 50.8 Å². The molecule has 3 nitrogen and oxygen atoms in total. The molecule has 96 valence electrons. The highest BCUT2D eigenvalue weighted by Crippen LogP contribution is 2.16. The van der Waals surface area contributed by atoms with Crippen molar-refractivity contribution < 1.29 is 4.74 Å². The van der Waals surface area contributed by atoms with Crippen molar-refractivity contribution in [2.24, 2.45) is 0 Å². The molecule has 0 radical (unpaired) electrons. The molecule has 16 heavy (non-hydrogen) atoms. The van der Waals surface area contributed by atoms with Gasteiger partial charge in [-0.25, -0.2) is 0 Å². The molecule has 0 heterocycles. The maximum Gasteiger partial charge on any atom is 0.0615 e. The van der Waals surface area contributed by atoms with E-state index in [1.165, 1.54) is 32.1 Å². The second kappa shape index (κ2) is 8.04. The van der Waals surface area contributed by atoms with Gasteiger partial charge in [0.1, 0.15) is 0 Å². The van der Waals surface area contributed by atoms with Gasteiger partial charge in [0.25, 0.3) is 0 Å². The average Bonchev–Trinajstić information content (AvgIpc) is 2.30. The first-order valence-electron chi connectivity index (χ1n) is 6.66. The number of methoxy groups -OCH3 is 1. The van der Waals surface area contributed by atoms with Gasteiger partial charge in [0, 0.05) is 32.3 Å². The van der Waals surface area contributed by atoms with Crippen LogP contribution >= 0.6 is 0 Å². The zero-order valence-electron chi connectivity index (χ0n) is 11.2. The number of nitrogens with zero attached hydrogens (tertiary/aromatic N) is 1. The molecule has 1 unspecified atom stereocenters. The Morgan fingerprint density at radius 1 is 1.31 bits per heavy atom. The van der Waals surface area contributed by atoms with Crippen LogP contribution in [0.4, 0.5) is 0 Å². The standard InChI is InChI=1S/C13H28N2O/c1-12(11-16-3)15(2)10-9-14-13-7-5-4-6-8-13/h12-14H,4-11H2,1-3H3. The van der Waals surface area contributed by atoms with Crippen LogP contribution in [0.3, 0.4) is 0 Å². The monoisotopic (exact) mass is 228 g/mol. The third kappa shape index (κ3) is 5.28. The Labute approximate surface area is 101 Å². The number of nitrogens with one attached hydrogen (secondary N) is 1. The highest BCUT2D eigenvalue weighted by molar-refractivity contribution is 4.73. The Balaban J connectivity index is 2.04. The van der Waals surface area contributed by atoms with Crippen LogP contribution in [-0.2, 0) is 4.74 Å². The predicted molar refractivity (Wildman–Crippen MR) is 68.8 cm³/mol. The third-order valence-corrected chi connectivity index (χ3v) is 3.66. The quantitative estimate of drug-likeness (QED) is 0.720. The lowest BCUT2D eigenvalue weighted by atomic mass is 9.95. The van der Waals surface area contributed by atoms with Crippen LogP contribution in [0.15, 0.2) is 0 Å². The minimum atomic E-state index is 0.512. The summed E-state index contributed by atoms with van der Waals surface area (Å²) >= 11 is 0. The summed E-state index contributed by atoms with van der Waals surface area (Å²) in [5.41, 5.74) is 0. The zero-order valence-corrected chi connectivity index (χ0v) is 11.2. The van der Waals surface area contributed by atoms with Crippen LogP contribution in [0.1, 0.15) is 39.0 Å².